The van der Waals surface area contributed by atoms with E-state index in [2.05, 4.69) is 9.88 Å². The van der Waals surface area contributed by atoms with Crippen molar-refractivity contribution in [2.24, 2.45) is 0 Å². The molecule has 0 amide bonds. The Morgan fingerprint density at radius 3 is 3.06 bits per heavy atom. The number of rotatable bonds is 4. The molecule has 0 spiro atoms. The van der Waals surface area contributed by atoms with Crippen LogP contribution in [0.5, 0.6) is 0 Å². The Hall–Kier alpha value is -1.26. The molecule has 0 aromatic carbocycles. The normalized spacial score (nSPS) is 21.4. The lowest BCUT2D eigenvalue weighted by atomic mass is 10.0. The van der Waals surface area contributed by atoms with Crippen molar-refractivity contribution in [3.05, 3.63) is 30.1 Å². The number of Topliss-reactive ketones (excluding diaryl/α,β-unsaturated/α-hetero) is 1. The van der Waals surface area contributed by atoms with E-state index < -0.39 is 0 Å². The van der Waals surface area contributed by atoms with Gasteiger partial charge in [-0.25, -0.2) is 0 Å². The van der Waals surface area contributed by atoms with Crippen molar-refractivity contribution < 1.29 is 9.90 Å². The minimum atomic E-state index is 0.0333. The van der Waals surface area contributed by atoms with Crippen molar-refractivity contribution in [2.75, 3.05) is 19.7 Å². The molecule has 1 fully saturated rings. The van der Waals surface area contributed by atoms with Crippen molar-refractivity contribution in [3.63, 3.8) is 0 Å². The zero-order chi connectivity index (χ0) is 12.1. The highest BCUT2D eigenvalue weighted by atomic mass is 16.3. The van der Waals surface area contributed by atoms with Crippen molar-refractivity contribution >= 4 is 5.78 Å². The van der Waals surface area contributed by atoms with Crippen LogP contribution in [0.1, 0.15) is 29.8 Å². The zero-order valence-corrected chi connectivity index (χ0v) is 9.88. The Kier molecular flexibility index (Phi) is 4.23. The van der Waals surface area contributed by atoms with Crippen molar-refractivity contribution in [2.45, 2.75) is 25.3 Å². The molecular weight excluding hydrogens is 216 g/mol. The lowest BCUT2D eigenvalue weighted by Crippen LogP contribution is -2.44. The summed E-state index contributed by atoms with van der Waals surface area (Å²) in [5, 5.41) is 9.28. The van der Waals surface area contributed by atoms with Crippen molar-refractivity contribution in [1.29, 1.82) is 0 Å². The third-order valence-electron chi connectivity index (χ3n) is 3.26. The lowest BCUT2D eigenvalue weighted by molar-refractivity contribution is 0.0708. The van der Waals surface area contributed by atoms with Gasteiger partial charge < -0.3 is 5.11 Å². The first-order chi connectivity index (χ1) is 8.31. The predicted molar refractivity (Wildman–Crippen MR) is 64.9 cm³/mol. The maximum absolute atomic E-state index is 12.0. The second-order valence-electron chi connectivity index (χ2n) is 4.44. The zero-order valence-electron chi connectivity index (χ0n) is 9.88. The molecule has 1 N–H and O–H groups in total. The predicted octanol–water partition coefficient (Wildman–Crippen LogP) is 1.11. The molecule has 1 aromatic rings. The highest BCUT2D eigenvalue weighted by Gasteiger charge is 2.24. The number of aromatic nitrogens is 1. The van der Waals surface area contributed by atoms with Gasteiger partial charge >= 0.3 is 0 Å². The second-order valence-corrected chi connectivity index (χ2v) is 4.44. The first-order valence-corrected chi connectivity index (χ1v) is 6.10. The molecule has 1 atom stereocenters. The fourth-order valence-corrected chi connectivity index (χ4v) is 2.27. The number of aliphatic hydroxyl groups excluding tert-OH is 1. The van der Waals surface area contributed by atoms with Gasteiger partial charge in [0.1, 0.15) is 5.69 Å². The molecule has 4 heteroatoms. The van der Waals surface area contributed by atoms with Crippen LogP contribution in [-0.4, -0.2) is 46.5 Å². The Bertz CT molecular complexity index is 367. The molecule has 17 heavy (non-hydrogen) atoms. The molecule has 1 saturated heterocycles. The summed E-state index contributed by atoms with van der Waals surface area (Å²) < 4.78 is 0. The molecule has 1 aliphatic heterocycles. The van der Waals surface area contributed by atoms with Gasteiger partial charge in [0, 0.05) is 12.2 Å². The molecule has 0 bridgehead atoms. The maximum Gasteiger partial charge on any atom is 0.195 e. The number of hydrogen-bond donors (Lipinski definition) is 1. The number of carbonyl (C=O) groups excluding carboxylic acids is 1. The number of aliphatic hydroxyl groups is 1. The van der Waals surface area contributed by atoms with Crippen molar-refractivity contribution in [3.8, 4) is 0 Å². The molecule has 2 heterocycles. The number of nitrogens with zero attached hydrogens (tertiary/aromatic N) is 2. The highest BCUT2D eigenvalue weighted by Crippen LogP contribution is 2.16. The van der Waals surface area contributed by atoms with E-state index in [0.717, 1.165) is 25.8 Å². The van der Waals surface area contributed by atoms with Crippen LogP contribution in [0, 0.1) is 0 Å². The van der Waals surface area contributed by atoms with E-state index in [1.165, 1.54) is 0 Å². The quantitative estimate of drug-likeness (QED) is 0.793. The smallest absolute Gasteiger partial charge is 0.195 e. The number of hydrogen-bond acceptors (Lipinski definition) is 4. The van der Waals surface area contributed by atoms with Crippen LogP contribution >= 0.6 is 0 Å². The van der Waals surface area contributed by atoms with Gasteiger partial charge in [-0.05, 0) is 31.5 Å². The molecular formula is C13H18N2O2. The van der Waals surface area contributed by atoms with Gasteiger partial charge in [0.05, 0.1) is 13.2 Å². The van der Waals surface area contributed by atoms with Crippen LogP contribution in [0.15, 0.2) is 24.4 Å². The number of likely N-dealkylation sites (tertiary alicyclic amines) is 1. The van der Waals surface area contributed by atoms with E-state index in [4.69, 9.17) is 0 Å². The third-order valence-corrected chi connectivity index (χ3v) is 3.26. The summed E-state index contributed by atoms with van der Waals surface area (Å²) >= 11 is 0. The maximum atomic E-state index is 12.0. The second kappa shape index (κ2) is 5.89. The summed E-state index contributed by atoms with van der Waals surface area (Å²) in [7, 11) is 0. The van der Waals surface area contributed by atoms with Gasteiger partial charge in [0.25, 0.3) is 0 Å². The van der Waals surface area contributed by atoms with Gasteiger partial charge in [0.15, 0.2) is 5.78 Å². The van der Waals surface area contributed by atoms with Crippen LogP contribution in [0.3, 0.4) is 0 Å². The highest BCUT2D eigenvalue weighted by molar-refractivity contribution is 5.95. The summed E-state index contributed by atoms with van der Waals surface area (Å²) in [6.07, 6.45) is 4.85. The van der Waals surface area contributed by atoms with Gasteiger partial charge in [-0.3, -0.25) is 14.7 Å². The van der Waals surface area contributed by atoms with Gasteiger partial charge in [0.2, 0.25) is 0 Å². The summed E-state index contributed by atoms with van der Waals surface area (Å²) in [5.41, 5.74) is 0.509. The number of piperidine rings is 1. The molecule has 1 aliphatic rings. The average molecular weight is 234 g/mol. The van der Waals surface area contributed by atoms with E-state index in [-0.39, 0.29) is 18.4 Å². The molecule has 0 radical (unpaired) electrons. The molecule has 4 nitrogen and oxygen atoms in total. The van der Waals surface area contributed by atoms with E-state index in [1.54, 1.807) is 18.3 Å². The first-order valence-electron chi connectivity index (χ1n) is 6.10. The minimum absolute atomic E-state index is 0.0333. The fourth-order valence-electron chi connectivity index (χ4n) is 2.27. The standard InChI is InChI=1S/C13H18N2O2/c16-10-11-5-2-4-8-15(11)9-13(17)12-6-1-3-7-14-12/h1,3,6-7,11,16H,2,4-5,8-10H2. The SMILES string of the molecule is O=C(CN1CCCCC1CO)c1ccccn1. The Morgan fingerprint density at radius 2 is 2.35 bits per heavy atom. The topological polar surface area (TPSA) is 53.4 Å². The molecule has 1 aromatic heterocycles. The summed E-state index contributed by atoms with van der Waals surface area (Å²) in [5.74, 6) is 0.0333. The molecule has 0 aliphatic carbocycles. The van der Waals surface area contributed by atoms with Gasteiger partial charge in [-0.2, -0.15) is 0 Å². The monoisotopic (exact) mass is 234 g/mol. The Morgan fingerprint density at radius 1 is 1.47 bits per heavy atom. The fraction of sp³-hybridized carbons (Fsp3) is 0.538. The van der Waals surface area contributed by atoms with Crippen LogP contribution in [0.2, 0.25) is 0 Å². The number of pyridine rings is 1. The van der Waals surface area contributed by atoms with Crippen LogP contribution in [0.25, 0.3) is 0 Å². The Labute approximate surface area is 101 Å². The molecule has 1 unspecified atom stereocenters. The van der Waals surface area contributed by atoms with E-state index in [0.29, 0.717) is 12.2 Å². The van der Waals surface area contributed by atoms with Crippen LogP contribution in [0.4, 0.5) is 0 Å². The lowest BCUT2D eigenvalue weighted by Gasteiger charge is -2.33. The third kappa shape index (κ3) is 3.11. The largest absolute Gasteiger partial charge is 0.395 e. The summed E-state index contributed by atoms with van der Waals surface area (Å²) in [6.45, 7) is 1.39. The van der Waals surface area contributed by atoms with E-state index in [9.17, 15) is 9.90 Å². The molecule has 0 saturated carbocycles. The average Bonchev–Trinajstić information content (AvgIpc) is 2.40. The van der Waals surface area contributed by atoms with E-state index in [1.807, 2.05) is 6.07 Å². The number of ketones is 1. The van der Waals surface area contributed by atoms with Gasteiger partial charge in [-0.1, -0.05) is 12.5 Å². The summed E-state index contributed by atoms with van der Waals surface area (Å²) in [6, 6.07) is 5.49. The van der Waals surface area contributed by atoms with Crippen LogP contribution < -0.4 is 0 Å². The molecule has 92 valence electrons. The summed E-state index contributed by atoms with van der Waals surface area (Å²) in [4.78, 5) is 18.1. The molecule has 2 rings (SSSR count). The van der Waals surface area contributed by atoms with Gasteiger partial charge in [-0.15, -0.1) is 0 Å². The van der Waals surface area contributed by atoms with Crippen molar-refractivity contribution in [1.82, 2.24) is 9.88 Å². The first kappa shape index (κ1) is 12.2. The minimum Gasteiger partial charge on any atom is -0.395 e. The number of carbonyl (C=O) groups is 1. The van der Waals surface area contributed by atoms with Crippen LogP contribution in [-0.2, 0) is 0 Å². The van der Waals surface area contributed by atoms with E-state index >= 15 is 0 Å². The Balaban J connectivity index is 1.98.